The number of carbonyl (C=O) groups is 2. The fourth-order valence-corrected chi connectivity index (χ4v) is 4.13. The lowest BCUT2D eigenvalue weighted by Crippen LogP contribution is -2.19. The minimum Gasteiger partial charge on any atom is -0.481 e. The summed E-state index contributed by atoms with van der Waals surface area (Å²) < 4.78 is 28.2. The smallest absolute Gasteiger partial charge is 0.303 e. The number of carboxylic acids is 1. The van der Waals surface area contributed by atoms with Crippen LogP contribution >= 0.6 is 11.3 Å². The Labute approximate surface area is 173 Å². The molecule has 1 aliphatic carbocycles. The lowest BCUT2D eigenvalue weighted by molar-refractivity contribution is -0.137. The third-order valence-corrected chi connectivity index (χ3v) is 5.72. The summed E-state index contributed by atoms with van der Waals surface area (Å²) in [4.78, 5) is 22.2. The van der Waals surface area contributed by atoms with Crippen molar-refractivity contribution in [2.24, 2.45) is 5.92 Å². The zero-order valence-corrected chi connectivity index (χ0v) is 17.3. The molecule has 29 heavy (non-hydrogen) atoms. The lowest BCUT2D eigenvalue weighted by atomic mass is 10.0. The first-order valence-electron chi connectivity index (χ1n) is 9.68. The highest BCUT2D eigenvalue weighted by Gasteiger charge is 2.46. The molecule has 1 aromatic carbocycles. The second-order valence-electron chi connectivity index (χ2n) is 7.02. The van der Waals surface area contributed by atoms with Crippen LogP contribution in [0.3, 0.4) is 0 Å². The largest absolute Gasteiger partial charge is 0.481 e. The Balaban J connectivity index is 0.000000284. The summed E-state index contributed by atoms with van der Waals surface area (Å²) in [5.41, 5.74) is 0. The van der Waals surface area contributed by atoms with Gasteiger partial charge in [-0.25, -0.2) is 8.78 Å². The summed E-state index contributed by atoms with van der Waals surface area (Å²) in [6, 6.07) is 10.2. The minimum absolute atomic E-state index is 0.0318. The number of benzene rings is 1. The molecule has 1 N–H and O–H groups in total. The quantitative estimate of drug-likeness (QED) is 0.415. The highest BCUT2D eigenvalue weighted by molar-refractivity contribution is 7.19. The van der Waals surface area contributed by atoms with E-state index in [4.69, 9.17) is 5.11 Å². The van der Waals surface area contributed by atoms with E-state index in [0.29, 0.717) is 6.42 Å². The Morgan fingerprint density at radius 3 is 2.69 bits per heavy atom. The van der Waals surface area contributed by atoms with Gasteiger partial charge < -0.3 is 5.11 Å². The fraction of sp³-hybridized carbons (Fsp3) is 0.391. The topological polar surface area (TPSA) is 54.4 Å². The van der Waals surface area contributed by atoms with Gasteiger partial charge in [0.1, 0.15) is 5.78 Å². The predicted molar refractivity (Wildman–Crippen MR) is 114 cm³/mol. The van der Waals surface area contributed by atoms with Crippen molar-refractivity contribution in [3.63, 3.8) is 0 Å². The third-order valence-electron chi connectivity index (χ3n) is 4.58. The molecule has 6 heteroatoms. The molecule has 1 fully saturated rings. The molecule has 1 aliphatic rings. The number of hydrogen-bond donors (Lipinski definition) is 1. The van der Waals surface area contributed by atoms with Crippen molar-refractivity contribution in [2.75, 3.05) is 0 Å². The average molecular weight is 421 g/mol. The molecule has 1 saturated carbocycles. The number of hydrogen-bond acceptors (Lipinski definition) is 3. The van der Waals surface area contributed by atoms with Crippen molar-refractivity contribution in [1.82, 2.24) is 0 Å². The standard InChI is InChI=1S/C16H14F2OS.C7H12O2/c17-16(18)10-13(19)9-12(16)5-3-6-14-8-11-4-1-2-7-15(11)20-14;1-2-3-4-5-6-7(8)9/h1-5,7-8,12H,6,9-10H2;2-3H,4-6H2,1H3,(H,8,9)/b5-3+;3-2-. The molecular formula is C23H26F2O3S. The molecule has 2 aromatic rings. The summed E-state index contributed by atoms with van der Waals surface area (Å²) in [5.74, 6) is -4.84. The van der Waals surface area contributed by atoms with Gasteiger partial charge in [-0.05, 0) is 43.7 Å². The molecule has 3 rings (SSSR count). The molecule has 0 aliphatic heterocycles. The number of Topliss-reactive ketones (excluding diaryl/α,β-unsaturated/α-hetero) is 1. The van der Waals surface area contributed by atoms with Crippen molar-refractivity contribution in [3.8, 4) is 0 Å². The maximum atomic E-state index is 13.5. The molecule has 0 spiro atoms. The molecule has 3 nitrogen and oxygen atoms in total. The van der Waals surface area contributed by atoms with Gasteiger partial charge in [-0.3, -0.25) is 9.59 Å². The van der Waals surface area contributed by atoms with Crippen LogP contribution in [0, 0.1) is 5.92 Å². The zero-order chi connectivity index (χ0) is 21.3. The normalized spacial score (nSPS) is 18.4. The highest BCUT2D eigenvalue weighted by atomic mass is 32.1. The van der Waals surface area contributed by atoms with Crippen LogP contribution in [0.1, 0.15) is 43.9 Å². The number of allylic oxidation sites excluding steroid dienone is 4. The SMILES string of the molecule is C/C=C\CCCC(=O)O.O=C1CC(/C=C/Cc2cc3ccccc3s2)C(F)(F)C1. The van der Waals surface area contributed by atoms with Gasteiger partial charge >= 0.3 is 5.97 Å². The second-order valence-corrected chi connectivity index (χ2v) is 8.19. The van der Waals surface area contributed by atoms with E-state index in [-0.39, 0.29) is 18.6 Å². The van der Waals surface area contributed by atoms with Crippen LogP contribution in [0.25, 0.3) is 10.1 Å². The number of thiophene rings is 1. The van der Waals surface area contributed by atoms with E-state index >= 15 is 0 Å². The van der Waals surface area contributed by atoms with Crippen molar-refractivity contribution in [1.29, 1.82) is 0 Å². The maximum Gasteiger partial charge on any atom is 0.303 e. The van der Waals surface area contributed by atoms with E-state index in [2.05, 4.69) is 12.1 Å². The van der Waals surface area contributed by atoms with E-state index < -0.39 is 24.2 Å². The Kier molecular flexibility index (Phi) is 8.70. The minimum atomic E-state index is -2.87. The first-order valence-corrected chi connectivity index (χ1v) is 10.5. The van der Waals surface area contributed by atoms with Gasteiger partial charge in [-0.1, -0.05) is 42.5 Å². The van der Waals surface area contributed by atoms with Crippen molar-refractivity contribution < 1.29 is 23.5 Å². The van der Waals surface area contributed by atoms with Gasteiger partial charge in [-0.15, -0.1) is 11.3 Å². The molecular weight excluding hydrogens is 394 g/mol. The second kappa shape index (κ2) is 11.0. The highest BCUT2D eigenvalue weighted by Crippen LogP contribution is 2.39. The number of carboxylic acid groups (broad SMARTS) is 1. The van der Waals surface area contributed by atoms with Gasteiger partial charge in [0.25, 0.3) is 5.92 Å². The summed E-state index contributed by atoms with van der Waals surface area (Å²) in [6.45, 7) is 1.93. The number of unbranched alkanes of at least 4 members (excludes halogenated alkanes) is 1. The monoisotopic (exact) mass is 420 g/mol. The zero-order valence-electron chi connectivity index (χ0n) is 16.4. The number of alkyl halides is 2. The summed E-state index contributed by atoms with van der Waals surface area (Å²) in [6.07, 6.45) is 9.09. The average Bonchev–Trinajstić information content (AvgIpc) is 3.18. The van der Waals surface area contributed by atoms with Crippen molar-refractivity contribution in [2.45, 2.75) is 51.4 Å². The first-order chi connectivity index (χ1) is 13.8. The molecule has 156 valence electrons. The number of aliphatic carboxylic acids is 1. The van der Waals surface area contributed by atoms with E-state index in [1.54, 1.807) is 17.4 Å². The molecule has 0 bridgehead atoms. The van der Waals surface area contributed by atoms with Crippen LogP contribution in [0.4, 0.5) is 8.78 Å². The van der Waals surface area contributed by atoms with Crippen molar-refractivity contribution >= 4 is 33.2 Å². The fourth-order valence-electron chi connectivity index (χ4n) is 3.09. The van der Waals surface area contributed by atoms with Gasteiger partial charge in [0.2, 0.25) is 0 Å². The Morgan fingerprint density at radius 1 is 1.31 bits per heavy atom. The number of carbonyl (C=O) groups excluding carboxylic acids is 1. The predicted octanol–water partition coefficient (Wildman–Crippen LogP) is 6.43. The lowest BCUT2D eigenvalue weighted by Gasteiger charge is -2.13. The number of rotatable bonds is 7. The molecule has 1 heterocycles. The summed E-state index contributed by atoms with van der Waals surface area (Å²) in [7, 11) is 0. The molecule has 1 atom stereocenters. The molecule has 0 radical (unpaired) electrons. The number of halogens is 2. The van der Waals surface area contributed by atoms with E-state index in [1.807, 2.05) is 37.3 Å². The summed E-state index contributed by atoms with van der Waals surface area (Å²) in [5, 5.41) is 9.37. The van der Waals surface area contributed by atoms with Gasteiger partial charge in [0, 0.05) is 28.3 Å². The number of ketones is 1. The van der Waals surface area contributed by atoms with Crippen LogP contribution in [0.15, 0.2) is 54.6 Å². The Hall–Kier alpha value is -2.34. The van der Waals surface area contributed by atoms with E-state index in [9.17, 15) is 18.4 Å². The molecule has 1 unspecified atom stereocenters. The Morgan fingerprint density at radius 2 is 2.07 bits per heavy atom. The van der Waals surface area contributed by atoms with Gasteiger partial charge in [-0.2, -0.15) is 0 Å². The molecule has 0 amide bonds. The van der Waals surface area contributed by atoms with Crippen LogP contribution in [-0.2, 0) is 16.0 Å². The van der Waals surface area contributed by atoms with Gasteiger partial charge in [0.05, 0.1) is 6.42 Å². The Bertz CT molecular complexity index is 850. The van der Waals surface area contributed by atoms with Crippen molar-refractivity contribution in [3.05, 3.63) is 59.5 Å². The van der Waals surface area contributed by atoms with Crippen LogP contribution in [0.5, 0.6) is 0 Å². The summed E-state index contributed by atoms with van der Waals surface area (Å²) >= 11 is 1.67. The molecule has 1 aromatic heterocycles. The van der Waals surface area contributed by atoms with Gasteiger partial charge in [0.15, 0.2) is 0 Å². The van der Waals surface area contributed by atoms with Crippen LogP contribution in [-0.4, -0.2) is 22.8 Å². The molecule has 0 saturated heterocycles. The number of fused-ring (bicyclic) bond motifs is 1. The third kappa shape index (κ3) is 7.54. The van der Waals surface area contributed by atoms with E-state index in [0.717, 1.165) is 17.7 Å². The maximum absolute atomic E-state index is 13.5. The van der Waals surface area contributed by atoms with Crippen LogP contribution < -0.4 is 0 Å². The van der Waals surface area contributed by atoms with Crippen LogP contribution in [0.2, 0.25) is 0 Å². The first kappa shape index (κ1) is 22.9. The van der Waals surface area contributed by atoms with E-state index in [1.165, 1.54) is 16.2 Å².